The molecule has 1 aliphatic rings. The van der Waals surface area contributed by atoms with Gasteiger partial charge in [0.15, 0.2) is 11.6 Å². The number of aliphatic carboxylic acids is 1. The van der Waals surface area contributed by atoms with Crippen molar-refractivity contribution in [1.29, 1.82) is 0 Å². The highest BCUT2D eigenvalue weighted by Gasteiger charge is 2.42. The zero-order chi connectivity index (χ0) is 12.5. The number of carboxylic acids is 1. The Bertz CT molecular complexity index is 423. The van der Waals surface area contributed by atoms with Gasteiger partial charge in [-0.05, 0) is 31.4 Å². The van der Waals surface area contributed by atoms with Crippen LogP contribution in [0.25, 0.3) is 0 Å². The van der Waals surface area contributed by atoms with Crippen LogP contribution in [0.2, 0.25) is 5.02 Å². The van der Waals surface area contributed by atoms with Crippen molar-refractivity contribution in [3.05, 3.63) is 29.0 Å². The molecule has 0 heterocycles. The van der Waals surface area contributed by atoms with E-state index >= 15 is 0 Å². The standard InChI is InChI=1S/C12H12ClFO3/c13-8-3-1-4-9(14)11(8)17-12(5-2-6-12)7-10(15)16/h1,3-4H,2,5-7H2,(H,15,16). The van der Waals surface area contributed by atoms with Gasteiger partial charge in [-0.3, -0.25) is 4.79 Å². The third kappa shape index (κ3) is 2.52. The first-order valence-corrected chi connectivity index (χ1v) is 5.75. The summed E-state index contributed by atoms with van der Waals surface area (Å²) in [5, 5.41) is 8.99. The van der Waals surface area contributed by atoms with E-state index in [0.717, 1.165) is 6.42 Å². The van der Waals surface area contributed by atoms with E-state index in [1.807, 2.05) is 0 Å². The molecule has 0 spiro atoms. The van der Waals surface area contributed by atoms with E-state index < -0.39 is 17.4 Å². The predicted octanol–water partition coefficient (Wildman–Crippen LogP) is 3.26. The molecule has 0 unspecified atom stereocenters. The van der Waals surface area contributed by atoms with Gasteiger partial charge >= 0.3 is 5.97 Å². The van der Waals surface area contributed by atoms with Gasteiger partial charge in [0.2, 0.25) is 0 Å². The van der Waals surface area contributed by atoms with Gasteiger partial charge in [0.1, 0.15) is 5.60 Å². The van der Waals surface area contributed by atoms with Crippen molar-refractivity contribution in [2.24, 2.45) is 0 Å². The molecule has 1 aliphatic carbocycles. The van der Waals surface area contributed by atoms with Gasteiger partial charge in [0.25, 0.3) is 0 Å². The number of carbonyl (C=O) groups is 1. The van der Waals surface area contributed by atoms with Crippen LogP contribution in [-0.4, -0.2) is 16.7 Å². The quantitative estimate of drug-likeness (QED) is 0.902. The summed E-state index contributed by atoms with van der Waals surface area (Å²) in [6.07, 6.45) is 1.99. The zero-order valence-corrected chi connectivity index (χ0v) is 9.84. The van der Waals surface area contributed by atoms with E-state index in [1.54, 1.807) is 0 Å². The van der Waals surface area contributed by atoms with Crippen molar-refractivity contribution in [3.63, 3.8) is 0 Å². The lowest BCUT2D eigenvalue weighted by molar-refractivity contribution is -0.144. The predicted molar refractivity (Wildman–Crippen MR) is 60.9 cm³/mol. The lowest BCUT2D eigenvalue weighted by Gasteiger charge is -2.41. The van der Waals surface area contributed by atoms with Crippen LogP contribution < -0.4 is 4.74 Å². The minimum atomic E-state index is -0.947. The molecular formula is C12H12ClFO3. The van der Waals surface area contributed by atoms with Crippen molar-refractivity contribution in [3.8, 4) is 5.75 Å². The van der Waals surface area contributed by atoms with E-state index in [-0.39, 0.29) is 17.2 Å². The number of carboxylic acid groups (broad SMARTS) is 1. The monoisotopic (exact) mass is 258 g/mol. The first kappa shape index (κ1) is 12.2. The molecule has 1 aromatic rings. The smallest absolute Gasteiger partial charge is 0.307 e. The highest BCUT2D eigenvalue weighted by Crippen LogP contribution is 2.42. The Morgan fingerprint density at radius 1 is 1.53 bits per heavy atom. The fourth-order valence-electron chi connectivity index (χ4n) is 1.96. The van der Waals surface area contributed by atoms with Crippen molar-refractivity contribution in [1.82, 2.24) is 0 Å². The Labute approximate surface area is 103 Å². The number of rotatable bonds is 4. The molecular weight excluding hydrogens is 247 g/mol. The molecule has 0 atom stereocenters. The molecule has 0 aromatic heterocycles. The summed E-state index contributed by atoms with van der Waals surface area (Å²) >= 11 is 5.84. The largest absolute Gasteiger partial charge is 0.482 e. The fourth-order valence-corrected chi connectivity index (χ4v) is 2.16. The SMILES string of the molecule is O=C(O)CC1(Oc2c(F)cccc2Cl)CCC1. The molecule has 2 rings (SSSR count). The second kappa shape index (κ2) is 4.53. The van der Waals surface area contributed by atoms with Crippen LogP contribution in [0.3, 0.4) is 0 Å². The molecule has 0 radical (unpaired) electrons. The number of para-hydroxylation sites is 1. The summed E-state index contributed by atoms with van der Waals surface area (Å²) < 4.78 is 19.0. The molecule has 1 fully saturated rings. The summed E-state index contributed by atoms with van der Waals surface area (Å²) in [6, 6.07) is 4.25. The number of ether oxygens (including phenoxy) is 1. The van der Waals surface area contributed by atoms with Crippen molar-refractivity contribution in [2.75, 3.05) is 0 Å². The van der Waals surface area contributed by atoms with E-state index in [9.17, 15) is 9.18 Å². The molecule has 17 heavy (non-hydrogen) atoms. The van der Waals surface area contributed by atoms with Crippen LogP contribution >= 0.6 is 11.6 Å². The first-order chi connectivity index (χ1) is 8.02. The highest BCUT2D eigenvalue weighted by molar-refractivity contribution is 6.32. The van der Waals surface area contributed by atoms with Crippen LogP contribution in [0.5, 0.6) is 5.75 Å². The maximum Gasteiger partial charge on any atom is 0.307 e. The fraction of sp³-hybridized carbons (Fsp3) is 0.417. The number of hydrogen-bond donors (Lipinski definition) is 1. The van der Waals surface area contributed by atoms with Gasteiger partial charge in [-0.2, -0.15) is 0 Å². The Hall–Kier alpha value is -1.29. The van der Waals surface area contributed by atoms with Crippen LogP contribution in [-0.2, 0) is 4.79 Å². The maximum absolute atomic E-state index is 13.5. The van der Waals surface area contributed by atoms with Gasteiger partial charge in [-0.1, -0.05) is 17.7 Å². The first-order valence-electron chi connectivity index (χ1n) is 5.37. The average molecular weight is 259 g/mol. The minimum absolute atomic E-state index is 0.0462. The van der Waals surface area contributed by atoms with Gasteiger partial charge in [0, 0.05) is 0 Å². The molecule has 0 saturated heterocycles. The van der Waals surface area contributed by atoms with Crippen LogP contribution in [0.15, 0.2) is 18.2 Å². The van der Waals surface area contributed by atoms with Gasteiger partial charge < -0.3 is 9.84 Å². The Morgan fingerprint density at radius 3 is 2.71 bits per heavy atom. The van der Waals surface area contributed by atoms with Gasteiger partial charge in [-0.25, -0.2) is 4.39 Å². The molecule has 1 N–H and O–H groups in total. The molecule has 3 nitrogen and oxygen atoms in total. The Kier molecular flexibility index (Phi) is 3.24. The Balaban J connectivity index is 2.21. The highest BCUT2D eigenvalue weighted by atomic mass is 35.5. The van der Waals surface area contributed by atoms with Gasteiger partial charge in [-0.15, -0.1) is 0 Å². The summed E-state index contributed by atoms with van der Waals surface area (Å²) in [6.45, 7) is 0. The Morgan fingerprint density at radius 2 is 2.24 bits per heavy atom. The van der Waals surface area contributed by atoms with Crippen molar-refractivity contribution < 1.29 is 19.0 Å². The van der Waals surface area contributed by atoms with Crippen LogP contribution in [0, 0.1) is 5.82 Å². The minimum Gasteiger partial charge on any atom is -0.482 e. The molecule has 92 valence electrons. The molecule has 0 aliphatic heterocycles. The summed E-state index contributed by atoms with van der Waals surface area (Å²) in [7, 11) is 0. The lowest BCUT2D eigenvalue weighted by atomic mass is 9.77. The second-order valence-electron chi connectivity index (χ2n) is 4.26. The van der Waals surface area contributed by atoms with Crippen molar-refractivity contribution >= 4 is 17.6 Å². The third-order valence-electron chi connectivity index (χ3n) is 2.98. The topological polar surface area (TPSA) is 46.5 Å². The molecule has 1 aromatic carbocycles. The van der Waals surface area contributed by atoms with E-state index in [4.69, 9.17) is 21.4 Å². The summed E-state index contributed by atoms with van der Waals surface area (Å²) in [4.78, 5) is 10.8. The van der Waals surface area contributed by atoms with E-state index in [2.05, 4.69) is 0 Å². The lowest BCUT2D eigenvalue weighted by Crippen LogP contribution is -2.45. The molecule has 5 heteroatoms. The number of hydrogen-bond acceptors (Lipinski definition) is 2. The van der Waals surface area contributed by atoms with E-state index in [1.165, 1.54) is 18.2 Å². The molecule has 1 saturated carbocycles. The number of halogens is 2. The third-order valence-corrected chi connectivity index (χ3v) is 3.27. The molecule has 0 amide bonds. The van der Waals surface area contributed by atoms with Crippen LogP contribution in [0.4, 0.5) is 4.39 Å². The van der Waals surface area contributed by atoms with Crippen LogP contribution in [0.1, 0.15) is 25.7 Å². The molecule has 0 bridgehead atoms. The van der Waals surface area contributed by atoms with Gasteiger partial charge in [0.05, 0.1) is 11.4 Å². The van der Waals surface area contributed by atoms with Crippen molar-refractivity contribution in [2.45, 2.75) is 31.3 Å². The zero-order valence-electron chi connectivity index (χ0n) is 9.08. The summed E-state index contributed by atoms with van der Waals surface area (Å²) in [5.41, 5.74) is -0.794. The summed E-state index contributed by atoms with van der Waals surface area (Å²) in [5.74, 6) is -1.55. The number of benzene rings is 1. The maximum atomic E-state index is 13.5. The normalized spacial score (nSPS) is 17.3. The average Bonchev–Trinajstić information content (AvgIpc) is 2.19. The van der Waals surface area contributed by atoms with E-state index in [0.29, 0.717) is 12.8 Å². The second-order valence-corrected chi connectivity index (χ2v) is 4.67.